The van der Waals surface area contributed by atoms with Gasteiger partial charge in [0, 0.05) is 18.5 Å². The molecule has 0 amide bonds. The molecule has 1 N–H and O–H groups in total. The zero-order valence-electron chi connectivity index (χ0n) is 13.5. The van der Waals surface area contributed by atoms with Crippen molar-refractivity contribution in [1.29, 1.82) is 0 Å². The summed E-state index contributed by atoms with van der Waals surface area (Å²) in [7, 11) is 3.84. The Labute approximate surface area is 127 Å². The Bertz CT molecular complexity index is 443. The van der Waals surface area contributed by atoms with Crippen molar-refractivity contribution in [2.75, 3.05) is 14.2 Å². The van der Waals surface area contributed by atoms with Gasteiger partial charge in [-0.3, -0.25) is 0 Å². The molecule has 20 heavy (non-hydrogen) atoms. The highest BCUT2D eigenvalue weighted by molar-refractivity contribution is 7.11. The smallest absolute Gasteiger partial charge is 0.125 e. The second-order valence-corrected chi connectivity index (χ2v) is 7.72. The summed E-state index contributed by atoms with van der Waals surface area (Å²) < 4.78 is 5.98. The van der Waals surface area contributed by atoms with Crippen LogP contribution in [0.15, 0.2) is 0 Å². The third-order valence-electron chi connectivity index (χ3n) is 4.64. The topological polar surface area (TPSA) is 34.1 Å². The molecular weight excluding hydrogens is 268 g/mol. The summed E-state index contributed by atoms with van der Waals surface area (Å²) in [6.07, 6.45) is 5.60. The molecular formula is C16H28N2OS. The molecule has 0 aromatic carbocycles. The maximum absolute atomic E-state index is 5.98. The number of nitrogens with one attached hydrogen (secondary N) is 1. The number of ether oxygens (including phenoxy) is 1. The zero-order chi connectivity index (χ0) is 14.8. The van der Waals surface area contributed by atoms with Crippen molar-refractivity contribution >= 4 is 11.3 Å². The third-order valence-corrected chi connectivity index (χ3v) is 5.93. The number of hydrogen-bond donors (Lipinski definition) is 1. The van der Waals surface area contributed by atoms with Crippen LogP contribution in [0, 0.1) is 5.41 Å². The molecule has 1 aromatic rings. The van der Waals surface area contributed by atoms with Crippen LogP contribution < -0.4 is 5.32 Å². The van der Waals surface area contributed by atoms with E-state index in [9.17, 15) is 0 Å². The van der Waals surface area contributed by atoms with Crippen LogP contribution in [0.1, 0.15) is 62.0 Å². The molecule has 0 saturated heterocycles. The van der Waals surface area contributed by atoms with E-state index in [1.807, 2.05) is 25.5 Å². The van der Waals surface area contributed by atoms with E-state index in [0.717, 1.165) is 25.8 Å². The second-order valence-electron chi connectivity index (χ2n) is 6.64. The van der Waals surface area contributed by atoms with Crippen LogP contribution in [0.5, 0.6) is 0 Å². The minimum atomic E-state index is -0.143. The maximum Gasteiger partial charge on any atom is 0.125 e. The fraction of sp³-hybridized carbons (Fsp3) is 0.812. The molecule has 0 spiro atoms. The van der Waals surface area contributed by atoms with E-state index in [2.05, 4.69) is 26.1 Å². The number of nitrogens with zero attached hydrogens (tertiary/aromatic N) is 1. The molecule has 1 aliphatic carbocycles. The van der Waals surface area contributed by atoms with Crippen LogP contribution in [0.3, 0.4) is 0 Å². The maximum atomic E-state index is 5.98. The first-order chi connectivity index (χ1) is 9.46. The second kappa shape index (κ2) is 6.12. The van der Waals surface area contributed by atoms with Crippen molar-refractivity contribution in [1.82, 2.24) is 10.3 Å². The fourth-order valence-electron chi connectivity index (χ4n) is 2.99. The normalized spacial score (nSPS) is 21.1. The van der Waals surface area contributed by atoms with Crippen LogP contribution in [0.4, 0.5) is 0 Å². The van der Waals surface area contributed by atoms with Crippen molar-refractivity contribution in [2.24, 2.45) is 5.41 Å². The Balaban J connectivity index is 2.28. The molecule has 1 fully saturated rings. The van der Waals surface area contributed by atoms with Gasteiger partial charge in [-0.2, -0.15) is 0 Å². The number of thiazole rings is 1. The number of hydrogen-bond acceptors (Lipinski definition) is 4. The van der Waals surface area contributed by atoms with E-state index in [0.29, 0.717) is 5.41 Å². The van der Waals surface area contributed by atoms with Gasteiger partial charge in [0.1, 0.15) is 10.6 Å². The Hall–Kier alpha value is -0.450. The van der Waals surface area contributed by atoms with E-state index in [1.54, 1.807) is 0 Å². The van der Waals surface area contributed by atoms with Gasteiger partial charge >= 0.3 is 0 Å². The van der Waals surface area contributed by atoms with Gasteiger partial charge in [0.15, 0.2) is 0 Å². The van der Waals surface area contributed by atoms with E-state index < -0.39 is 0 Å². The van der Waals surface area contributed by atoms with Gasteiger partial charge in [-0.05, 0) is 44.6 Å². The van der Waals surface area contributed by atoms with Crippen LogP contribution in [0.25, 0.3) is 0 Å². The van der Waals surface area contributed by atoms with Crippen molar-refractivity contribution < 1.29 is 4.74 Å². The summed E-state index contributed by atoms with van der Waals surface area (Å²) in [5.74, 6) is 0. The number of aryl methyl sites for hydroxylation is 1. The summed E-state index contributed by atoms with van der Waals surface area (Å²) in [5.41, 5.74) is 1.54. The lowest BCUT2D eigenvalue weighted by Gasteiger charge is -2.41. The average molecular weight is 296 g/mol. The Morgan fingerprint density at radius 1 is 1.25 bits per heavy atom. The molecule has 0 unspecified atom stereocenters. The van der Waals surface area contributed by atoms with Gasteiger partial charge in [-0.15, -0.1) is 11.3 Å². The SMILES string of the molecule is CCc1nc(C2(OC)CCC(C)(C)CC2)sc1CNC. The van der Waals surface area contributed by atoms with Gasteiger partial charge < -0.3 is 10.1 Å². The molecule has 114 valence electrons. The van der Waals surface area contributed by atoms with E-state index in [4.69, 9.17) is 9.72 Å². The molecule has 4 heteroatoms. The Morgan fingerprint density at radius 3 is 2.40 bits per heavy atom. The first-order valence-electron chi connectivity index (χ1n) is 7.65. The molecule has 0 aliphatic heterocycles. The lowest BCUT2D eigenvalue weighted by Crippen LogP contribution is -2.36. The minimum absolute atomic E-state index is 0.143. The van der Waals surface area contributed by atoms with Crippen LogP contribution >= 0.6 is 11.3 Å². The predicted molar refractivity (Wildman–Crippen MR) is 85.2 cm³/mol. The molecule has 0 bridgehead atoms. The Kier molecular flexibility index (Phi) is 4.88. The van der Waals surface area contributed by atoms with Crippen molar-refractivity contribution in [3.63, 3.8) is 0 Å². The monoisotopic (exact) mass is 296 g/mol. The molecule has 0 radical (unpaired) electrons. The molecule has 1 saturated carbocycles. The van der Waals surface area contributed by atoms with E-state index in [-0.39, 0.29) is 5.60 Å². The summed E-state index contributed by atoms with van der Waals surface area (Å²) in [6, 6.07) is 0. The average Bonchev–Trinajstić information content (AvgIpc) is 2.84. The van der Waals surface area contributed by atoms with Gasteiger partial charge in [0.25, 0.3) is 0 Å². The fourth-order valence-corrected chi connectivity index (χ4v) is 4.38. The zero-order valence-corrected chi connectivity index (χ0v) is 14.3. The number of aromatic nitrogens is 1. The van der Waals surface area contributed by atoms with Crippen LogP contribution in [-0.2, 0) is 23.3 Å². The quantitative estimate of drug-likeness (QED) is 0.895. The summed E-state index contributed by atoms with van der Waals surface area (Å²) in [5, 5.41) is 4.44. The van der Waals surface area contributed by atoms with Gasteiger partial charge in [-0.25, -0.2) is 4.98 Å². The lowest BCUT2D eigenvalue weighted by atomic mass is 9.71. The molecule has 3 nitrogen and oxygen atoms in total. The molecule has 1 aliphatic rings. The highest BCUT2D eigenvalue weighted by Crippen LogP contribution is 2.48. The van der Waals surface area contributed by atoms with Crippen molar-refractivity contribution in [2.45, 2.75) is 65.0 Å². The predicted octanol–water partition coefficient (Wildman–Crippen LogP) is 3.87. The van der Waals surface area contributed by atoms with Crippen molar-refractivity contribution in [3.05, 3.63) is 15.6 Å². The first kappa shape index (κ1) is 15.9. The number of rotatable bonds is 5. The highest BCUT2D eigenvalue weighted by atomic mass is 32.1. The van der Waals surface area contributed by atoms with Crippen molar-refractivity contribution in [3.8, 4) is 0 Å². The van der Waals surface area contributed by atoms with Crippen LogP contribution in [0.2, 0.25) is 0 Å². The largest absolute Gasteiger partial charge is 0.371 e. The summed E-state index contributed by atoms with van der Waals surface area (Å²) >= 11 is 1.84. The molecule has 1 heterocycles. The van der Waals surface area contributed by atoms with E-state index >= 15 is 0 Å². The lowest BCUT2D eigenvalue weighted by molar-refractivity contribution is -0.0668. The standard InChI is InChI=1S/C16H28N2OS/c1-6-12-13(11-17-4)20-14(18-12)16(19-5)9-7-15(2,3)8-10-16/h17H,6-11H2,1-5H3. The first-order valence-corrected chi connectivity index (χ1v) is 8.47. The third kappa shape index (κ3) is 3.07. The van der Waals surface area contributed by atoms with E-state index in [1.165, 1.54) is 28.4 Å². The highest BCUT2D eigenvalue weighted by Gasteiger charge is 2.42. The van der Waals surface area contributed by atoms with Gasteiger partial charge in [0.05, 0.1) is 5.69 Å². The number of methoxy groups -OCH3 is 1. The molecule has 0 atom stereocenters. The van der Waals surface area contributed by atoms with Crippen LogP contribution in [-0.4, -0.2) is 19.1 Å². The summed E-state index contributed by atoms with van der Waals surface area (Å²) in [6.45, 7) is 7.81. The minimum Gasteiger partial charge on any atom is -0.371 e. The molecule has 2 rings (SSSR count). The van der Waals surface area contributed by atoms with Gasteiger partial charge in [0.2, 0.25) is 0 Å². The summed E-state index contributed by atoms with van der Waals surface area (Å²) in [4.78, 5) is 6.28. The molecule has 1 aromatic heterocycles. The Morgan fingerprint density at radius 2 is 1.90 bits per heavy atom. The van der Waals surface area contributed by atoms with Gasteiger partial charge in [-0.1, -0.05) is 20.8 Å².